The number of fused-ring (bicyclic) bond motifs is 3. The third kappa shape index (κ3) is 3.39. The van der Waals surface area contributed by atoms with Crippen molar-refractivity contribution >= 4 is 17.7 Å². The maximum Gasteiger partial charge on any atom is 0.435 e. The Labute approximate surface area is 148 Å². The average Bonchev–Trinajstić information content (AvgIpc) is 2.99. The van der Waals surface area contributed by atoms with E-state index in [1.54, 1.807) is 26.0 Å². The van der Waals surface area contributed by atoms with E-state index < -0.39 is 11.9 Å². The Kier molecular flexibility index (Phi) is 4.79. The zero-order valence-corrected chi connectivity index (χ0v) is 14.6. The van der Waals surface area contributed by atoms with E-state index in [4.69, 9.17) is 4.55 Å². The molecule has 7 heteroatoms. The van der Waals surface area contributed by atoms with Gasteiger partial charge in [-0.05, 0) is 44.4 Å². The average molecular weight is 366 g/mol. The third-order valence-electron chi connectivity index (χ3n) is 4.21. The van der Waals surface area contributed by atoms with Crippen LogP contribution in [0.3, 0.4) is 0 Å². The molecule has 1 N–H and O–H groups in total. The summed E-state index contributed by atoms with van der Waals surface area (Å²) in [5.74, 6) is 0. The SMILES string of the molecule is C/C(=C\C=C(/C)n1nc(C(F)(F)F)c2c1-c1ccccc1CC2)SO. The van der Waals surface area contributed by atoms with Gasteiger partial charge >= 0.3 is 6.18 Å². The van der Waals surface area contributed by atoms with Gasteiger partial charge in [-0.2, -0.15) is 18.3 Å². The molecule has 1 aliphatic rings. The number of hydrogen-bond donors (Lipinski definition) is 1. The van der Waals surface area contributed by atoms with Crippen LogP contribution in [-0.4, -0.2) is 14.3 Å². The first kappa shape index (κ1) is 17.8. The van der Waals surface area contributed by atoms with E-state index in [9.17, 15) is 13.2 Å². The van der Waals surface area contributed by atoms with Crippen LogP contribution < -0.4 is 0 Å². The van der Waals surface area contributed by atoms with E-state index in [1.807, 2.05) is 24.3 Å². The Bertz CT molecular complexity index is 866. The van der Waals surface area contributed by atoms with E-state index in [1.165, 1.54) is 4.68 Å². The van der Waals surface area contributed by atoms with Crippen molar-refractivity contribution in [3.8, 4) is 11.3 Å². The molecule has 0 fully saturated rings. The number of nitrogens with zero attached hydrogens (tertiary/aromatic N) is 2. The molecule has 1 aromatic heterocycles. The van der Waals surface area contributed by atoms with Crippen LogP contribution in [0.15, 0.2) is 41.3 Å². The molecule has 0 radical (unpaired) electrons. The Hall–Kier alpha value is -1.99. The maximum atomic E-state index is 13.5. The predicted octanol–water partition coefficient (Wildman–Crippen LogP) is 5.64. The summed E-state index contributed by atoms with van der Waals surface area (Å²) in [6.45, 7) is 3.42. The number of alkyl halides is 3. The van der Waals surface area contributed by atoms with Crippen LogP contribution in [0.25, 0.3) is 17.0 Å². The molecule has 0 unspecified atom stereocenters. The maximum absolute atomic E-state index is 13.5. The fourth-order valence-electron chi connectivity index (χ4n) is 3.01. The molecule has 1 heterocycles. The molecule has 0 saturated heterocycles. The van der Waals surface area contributed by atoms with Gasteiger partial charge in [-0.1, -0.05) is 24.3 Å². The summed E-state index contributed by atoms with van der Waals surface area (Å²) in [7, 11) is 0. The lowest BCUT2D eigenvalue weighted by Crippen LogP contribution is -2.11. The van der Waals surface area contributed by atoms with Crippen LogP contribution in [0.4, 0.5) is 13.2 Å². The molecule has 0 amide bonds. The fourth-order valence-corrected chi connectivity index (χ4v) is 3.14. The minimum absolute atomic E-state index is 0.246. The molecule has 1 aliphatic carbocycles. The smallest absolute Gasteiger partial charge is 0.326 e. The van der Waals surface area contributed by atoms with Gasteiger partial charge in [0.15, 0.2) is 5.69 Å². The quantitative estimate of drug-likeness (QED) is 0.564. The van der Waals surface area contributed by atoms with Gasteiger partial charge in [0, 0.05) is 33.8 Å². The van der Waals surface area contributed by atoms with Crippen LogP contribution in [0.5, 0.6) is 0 Å². The number of halogens is 3. The standard InChI is InChI=1S/C18H17F3N2OS/c1-11(7-8-12(2)25-24)23-16-14-6-4-3-5-13(14)9-10-15(16)17(22-23)18(19,20)21/h3-8,24H,9-10H2,1-2H3/b11-7+,12-8+. The summed E-state index contributed by atoms with van der Waals surface area (Å²) < 4.78 is 50.7. The second kappa shape index (κ2) is 6.72. The fraction of sp³-hybridized carbons (Fsp3) is 0.278. The first-order valence-electron chi connectivity index (χ1n) is 7.77. The summed E-state index contributed by atoms with van der Waals surface area (Å²) in [5, 5.41) is 3.89. The predicted molar refractivity (Wildman–Crippen MR) is 94.0 cm³/mol. The molecule has 25 heavy (non-hydrogen) atoms. The molecule has 2 aromatic rings. The van der Waals surface area contributed by atoms with Gasteiger partial charge < -0.3 is 4.55 Å². The highest BCUT2D eigenvalue weighted by atomic mass is 32.2. The lowest BCUT2D eigenvalue weighted by molar-refractivity contribution is -0.141. The van der Waals surface area contributed by atoms with Crippen molar-refractivity contribution in [2.75, 3.05) is 0 Å². The number of aromatic nitrogens is 2. The molecule has 3 rings (SSSR count). The molecule has 1 aromatic carbocycles. The highest BCUT2D eigenvalue weighted by molar-refractivity contribution is 7.97. The summed E-state index contributed by atoms with van der Waals surface area (Å²) in [4.78, 5) is 0.636. The largest absolute Gasteiger partial charge is 0.435 e. The van der Waals surface area contributed by atoms with Crippen molar-refractivity contribution in [1.82, 2.24) is 9.78 Å². The minimum atomic E-state index is -4.49. The van der Waals surface area contributed by atoms with Crippen molar-refractivity contribution in [1.29, 1.82) is 0 Å². The zero-order chi connectivity index (χ0) is 18.2. The van der Waals surface area contributed by atoms with Crippen molar-refractivity contribution in [3.05, 3.63) is 58.1 Å². The molecular weight excluding hydrogens is 349 g/mol. The summed E-state index contributed by atoms with van der Waals surface area (Å²) >= 11 is 0.596. The second-order valence-corrected chi connectivity index (χ2v) is 6.75. The Morgan fingerprint density at radius 1 is 1.20 bits per heavy atom. The lowest BCUT2D eigenvalue weighted by atomic mass is 9.88. The number of hydrogen-bond acceptors (Lipinski definition) is 3. The zero-order valence-electron chi connectivity index (χ0n) is 13.8. The van der Waals surface area contributed by atoms with Gasteiger partial charge in [-0.3, -0.25) is 0 Å². The van der Waals surface area contributed by atoms with Crippen LogP contribution in [0.2, 0.25) is 0 Å². The molecule has 0 aliphatic heterocycles. The van der Waals surface area contributed by atoms with Gasteiger partial charge in [-0.15, -0.1) is 0 Å². The molecule has 0 spiro atoms. The van der Waals surface area contributed by atoms with Gasteiger partial charge in [0.05, 0.1) is 5.69 Å². The lowest BCUT2D eigenvalue weighted by Gasteiger charge is -2.19. The van der Waals surface area contributed by atoms with Crippen LogP contribution >= 0.6 is 12.0 Å². The van der Waals surface area contributed by atoms with Crippen molar-refractivity contribution in [2.45, 2.75) is 32.9 Å². The summed E-state index contributed by atoms with van der Waals surface area (Å²) in [5.41, 5.74) is 2.30. The van der Waals surface area contributed by atoms with Gasteiger partial charge in [0.1, 0.15) is 0 Å². The van der Waals surface area contributed by atoms with Gasteiger partial charge in [0.25, 0.3) is 0 Å². The topological polar surface area (TPSA) is 38.0 Å². The molecular formula is C18H17F3N2OS. The van der Waals surface area contributed by atoms with Gasteiger partial charge in [0.2, 0.25) is 0 Å². The highest BCUT2D eigenvalue weighted by Crippen LogP contribution is 2.41. The van der Waals surface area contributed by atoms with E-state index >= 15 is 0 Å². The molecule has 0 atom stereocenters. The van der Waals surface area contributed by atoms with E-state index in [0.717, 1.165) is 11.1 Å². The van der Waals surface area contributed by atoms with Crippen LogP contribution in [0.1, 0.15) is 30.7 Å². The summed E-state index contributed by atoms with van der Waals surface area (Å²) in [6, 6.07) is 7.49. The Morgan fingerprint density at radius 3 is 2.60 bits per heavy atom. The Morgan fingerprint density at radius 2 is 1.92 bits per heavy atom. The van der Waals surface area contributed by atoms with E-state index in [0.29, 0.717) is 41.2 Å². The molecule has 0 saturated carbocycles. The first-order valence-corrected chi connectivity index (χ1v) is 8.54. The number of benzene rings is 1. The summed E-state index contributed by atoms with van der Waals surface area (Å²) in [6.07, 6.45) is -0.301. The van der Waals surface area contributed by atoms with Crippen molar-refractivity contribution in [2.24, 2.45) is 0 Å². The molecule has 0 bridgehead atoms. The van der Waals surface area contributed by atoms with Crippen molar-refractivity contribution in [3.63, 3.8) is 0 Å². The number of aryl methyl sites for hydroxylation is 1. The van der Waals surface area contributed by atoms with Crippen LogP contribution in [0, 0.1) is 0 Å². The number of allylic oxidation sites excluding steroid dienone is 4. The third-order valence-corrected chi connectivity index (χ3v) is 4.63. The molecule has 132 valence electrons. The minimum Gasteiger partial charge on any atom is -0.326 e. The van der Waals surface area contributed by atoms with Crippen LogP contribution in [-0.2, 0) is 19.0 Å². The van der Waals surface area contributed by atoms with E-state index in [2.05, 4.69) is 5.10 Å². The monoisotopic (exact) mass is 366 g/mol. The van der Waals surface area contributed by atoms with E-state index in [-0.39, 0.29) is 5.56 Å². The normalized spacial score (nSPS) is 15.1. The second-order valence-electron chi connectivity index (χ2n) is 5.92. The number of rotatable bonds is 3. The first-order chi connectivity index (χ1) is 11.8. The highest BCUT2D eigenvalue weighted by Gasteiger charge is 2.40. The van der Waals surface area contributed by atoms with Gasteiger partial charge in [-0.25, -0.2) is 4.68 Å². The Balaban J connectivity index is 2.22. The molecule has 3 nitrogen and oxygen atoms in total. The van der Waals surface area contributed by atoms with Crippen molar-refractivity contribution < 1.29 is 17.7 Å².